The smallest absolute Gasteiger partial charge is 0.294 e. The van der Waals surface area contributed by atoms with E-state index in [-0.39, 0.29) is 42.6 Å². The maximum Gasteiger partial charge on any atom is 0.294 e. The lowest BCUT2D eigenvalue weighted by Crippen LogP contribution is -2.31. The van der Waals surface area contributed by atoms with Gasteiger partial charge in [-0.2, -0.15) is 37.3 Å². The van der Waals surface area contributed by atoms with Gasteiger partial charge in [0.1, 0.15) is 11.4 Å². The van der Waals surface area contributed by atoms with Gasteiger partial charge in [-0.3, -0.25) is 28.3 Å². The molecule has 0 saturated carbocycles. The molecule has 4 aromatic rings. The van der Waals surface area contributed by atoms with Gasteiger partial charge < -0.3 is 10.6 Å². The molecule has 53 heavy (non-hydrogen) atoms. The molecule has 0 heterocycles. The zero-order valence-corrected chi connectivity index (χ0v) is 30.6. The molecule has 0 radical (unpaired) electrons. The molecule has 0 saturated heterocycles. The van der Waals surface area contributed by atoms with Crippen LogP contribution in [0.2, 0.25) is 10.0 Å². The number of anilines is 2. The lowest BCUT2D eigenvalue weighted by molar-refractivity contribution is -0.127. The molecule has 16 nitrogen and oxygen atoms in total. The van der Waals surface area contributed by atoms with E-state index in [1.54, 1.807) is 24.3 Å². The van der Waals surface area contributed by atoms with Crippen LogP contribution >= 0.6 is 23.2 Å². The fourth-order valence-corrected chi connectivity index (χ4v) is 5.88. The first-order valence-corrected chi connectivity index (χ1v) is 18.6. The Morgan fingerprint density at radius 2 is 0.943 bits per heavy atom. The Hall–Kier alpha value is -5.24. The number of rotatable bonds is 14. The zero-order valence-electron chi connectivity index (χ0n) is 27.5. The van der Waals surface area contributed by atoms with Crippen molar-refractivity contribution in [3.63, 3.8) is 0 Å². The van der Waals surface area contributed by atoms with Crippen molar-refractivity contribution in [1.29, 1.82) is 0 Å². The molecule has 4 aromatic carbocycles. The number of nitrogens with one attached hydrogen (secondary N) is 2. The van der Waals surface area contributed by atoms with Crippen LogP contribution in [-0.2, 0) is 45.8 Å². The van der Waals surface area contributed by atoms with Crippen molar-refractivity contribution in [2.75, 3.05) is 10.6 Å². The largest absolute Gasteiger partial charge is 0.324 e. The molecule has 0 spiro atoms. The number of halogens is 2. The molecular formula is C33H28Cl2N6O10S2. The van der Waals surface area contributed by atoms with Gasteiger partial charge in [-0.15, -0.1) is 0 Å². The van der Waals surface area contributed by atoms with E-state index in [0.29, 0.717) is 6.42 Å². The van der Waals surface area contributed by atoms with Crippen molar-refractivity contribution in [2.24, 2.45) is 20.5 Å². The summed E-state index contributed by atoms with van der Waals surface area (Å²) in [5, 5.41) is 20.9. The SMILES string of the molecule is CC(=O)C(N=Nc1ccc(Cc2ccc(N=NC(C(C)=O)C(=O)Nc3ccc(S(=O)(=O)O)cc3)c(Cl)c2)cc1Cl)C(=O)Nc1ccc(S(=O)(=O)O)cc1. The van der Waals surface area contributed by atoms with Crippen molar-refractivity contribution in [2.45, 2.75) is 42.1 Å². The molecule has 276 valence electrons. The molecule has 4 N–H and O–H groups in total. The number of hydrogen-bond donors (Lipinski definition) is 4. The van der Waals surface area contributed by atoms with Gasteiger partial charge in [0.15, 0.2) is 11.6 Å². The summed E-state index contributed by atoms with van der Waals surface area (Å²) in [4.78, 5) is 49.0. The molecule has 2 amide bonds. The maximum atomic E-state index is 12.7. The normalized spacial score (nSPS) is 13.1. The molecule has 0 aliphatic carbocycles. The van der Waals surface area contributed by atoms with E-state index in [0.717, 1.165) is 49.2 Å². The highest BCUT2D eigenvalue weighted by Crippen LogP contribution is 2.31. The fraction of sp³-hybridized carbons (Fsp3) is 0.152. The van der Waals surface area contributed by atoms with Crippen LogP contribution < -0.4 is 10.6 Å². The van der Waals surface area contributed by atoms with Gasteiger partial charge in [0.2, 0.25) is 12.1 Å². The second-order valence-electron chi connectivity index (χ2n) is 11.2. The van der Waals surface area contributed by atoms with E-state index in [1.165, 1.54) is 36.4 Å². The van der Waals surface area contributed by atoms with Gasteiger partial charge in [-0.25, -0.2) is 0 Å². The van der Waals surface area contributed by atoms with Gasteiger partial charge in [-0.05, 0) is 104 Å². The summed E-state index contributed by atoms with van der Waals surface area (Å²) in [5.41, 5.74) is 2.09. The van der Waals surface area contributed by atoms with Crippen LogP contribution in [0.5, 0.6) is 0 Å². The Morgan fingerprint density at radius 3 is 1.23 bits per heavy atom. The molecule has 0 bridgehead atoms. The van der Waals surface area contributed by atoms with E-state index < -0.39 is 55.7 Å². The number of Topliss-reactive ketones (excluding diaryl/α,β-unsaturated/α-hetero) is 2. The monoisotopic (exact) mass is 802 g/mol. The number of carbonyl (C=O) groups is 4. The number of nitrogens with zero attached hydrogens (tertiary/aromatic N) is 4. The van der Waals surface area contributed by atoms with Crippen LogP contribution in [0.4, 0.5) is 22.7 Å². The van der Waals surface area contributed by atoms with Crippen LogP contribution in [0.15, 0.2) is 115 Å². The second kappa shape index (κ2) is 17.1. The van der Waals surface area contributed by atoms with Gasteiger partial charge in [0.05, 0.1) is 19.8 Å². The highest BCUT2D eigenvalue weighted by atomic mass is 35.5. The van der Waals surface area contributed by atoms with Crippen LogP contribution in [0.25, 0.3) is 0 Å². The van der Waals surface area contributed by atoms with Gasteiger partial charge >= 0.3 is 0 Å². The minimum absolute atomic E-state index is 0.150. The Kier molecular flexibility index (Phi) is 13.0. The van der Waals surface area contributed by atoms with Crippen LogP contribution in [0, 0.1) is 0 Å². The quantitative estimate of drug-likeness (QED) is 0.0617. The number of amides is 2. The first kappa shape index (κ1) is 40.5. The molecule has 2 atom stereocenters. The Bertz CT molecular complexity index is 2190. The van der Waals surface area contributed by atoms with Crippen molar-refractivity contribution >= 4 is 89.6 Å². The van der Waals surface area contributed by atoms with E-state index in [1.807, 2.05) is 0 Å². The van der Waals surface area contributed by atoms with E-state index in [4.69, 9.17) is 32.3 Å². The third-order valence-electron chi connectivity index (χ3n) is 7.10. The summed E-state index contributed by atoms with van der Waals surface area (Å²) < 4.78 is 63.1. The van der Waals surface area contributed by atoms with Crippen molar-refractivity contribution in [3.05, 3.63) is 106 Å². The first-order valence-electron chi connectivity index (χ1n) is 15.0. The average molecular weight is 804 g/mol. The number of azo groups is 2. The third kappa shape index (κ3) is 11.4. The maximum absolute atomic E-state index is 12.7. The summed E-state index contributed by atoms with van der Waals surface area (Å²) in [6.45, 7) is 2.29. The second-order valence-corrected chi connectivity index (χ2v) is 14.8. The molecule has 2 unspecified atom stereocenters. The molecular weight excluding hydrogens is 775 g/mol. The first-order chi connectivity index (χ1) is 24.8. The molecule has 0 aliphatic rings. The van der Waals surface area contributed by atoms with Crippen LogP contribution in [-0.4, -0.2) is 61.4 Å². The lowest BCUT2D eigenvalue weighted by Gasteiger charge is -2.10. The highest BCUT2D eigenvalue weighted by molar-refractivity contribution is 7.86. The lowest BCUT2D eigenvalue weighted by atomic mass is 10.0. The minimum atomic E-state index is -4.43. The Morgan fingerprint density at radius 1 is 0.604 bits per heavy atom. The van der Waals surface area contributed by atoms with Crippen molar-refractivity contribution < 1.29 is 45.1 Å². The number of hydrogen-bond acceptors (Lipinski definition) is 12. The molecule has 20 heteroatoms. The predicted octanol–water partition coefficient (Wildman–Crippen LogP) is 6.44. The molecule has 0 fully saturated rings. The Balaban J connectivity index is 1.40. The van der Waals surface area contributed by atoms with E-state index in [9.17, 15) is 36.0 Å². The molecule has 4 rings (SSSR count). The van der Waals surface area contributed by atoms with Crippen molar-refractivity contribution in [3.8, 4) is 0 Å². The number of benzene rings is 4. The Labute approximate surface area is 312 Å². The van der Waals surface area contributed by atoms with E-state index >= 15 is 0 Å². The standard InChI is InChI=1S/C33H28Cl2N6O10S2/c1-18(42)30(32(44)36-22-5-9-24(10-6-22)52(46,47)48)40-38-28-13-3-20(16-26(28)34)15-21-4-14-29(27(35)17-21)39-41-31(19(2)43)33(45)37-23-7-11-25(12-8-23)53(49,50)51/h3-14,16-17,30-31H,15H2,1-2H3,(H,36,44)(H,37,45)(H,46,47,48)(H,49,50,51). The fourth-order valence-electron chi connectivity index (χ4n) is 4.44. The summed E-state index contributed by atoms with van der Waals surface area (Å²) in [7, 11) is -8.86. The van der Waals surface area contributed by atoms with Gasteiger partial charge in [-0.1, -0.05) is 35.3 Å². The van der Waals surface area contributed by atoms with Gasteiger partial charge in [0, 0.05) is 11.4 Å². The average Bonchev–Trinajstić information content (AvgIpc) is 3.06. The summed E-state index contributed by atoms with van der Waals surface area (Å²) >= 11 is 12.8. The topological polar surface area (TPSA) is 251 Å². The van der Waals surface area contributed by atoms with Crippen LogP contribution in [0.3, 0.4) is 0 Å². The minimum Gasteiger partial charge on any atom is -0.324 e. The molecule has 0 aliphatic heterocycles. The molecule has 0 aromatic heterocycles. The van der Waals surface area contributed by atoms with Crippen molar-refractivity contribution in [1.82, 2.24) is 0 Å². The summed E-state index contributed by atoms with van der Waals surface area (Å²) in [5.74, 6) is -2.92. The number of carbonyl (C=O) groups excluding carboxylic acids is 4. The van der Waals surface area contributed by atoms with Crippen LogP contribution in [0.1, 0.15) is 25.0 Å². The highest BCUT2D eigenvalue weighted by Gasteiger charge is 2.25. The predicted molar refractivity (Wildman–Crippen MR) is 193 cm³/mol. The summed E-state index contributed by atoms with van der Waals surface area (Å²) in [6, 6.07) is 15.8. The zero-order chi connectivity index (χ0) is 39.1. The third-order valence-corrected chi connectivity index (χ3v) is 9.44. The number of ketones is 2. The van der Waals surface area contributed by atoms with E-state index in [2.05, 4.69) is 31.1 Å². The van der Waals surface area contributed by atoms with Gasteiger partial charge in [0.25, 0.3) is 32.1 Å². The summed E-state index contributed by atoms with van der Waals surface area (Å²) in [6.07, 6.45) is 0.345.